The molecule has 0 radical (unpaired) electrons. The van der Waals surface area contributed by atoms with Crippen LogP contribution in [0.1, 0.15) is 10.5 Å². The van der Waals surface area contributed by atoms with Gasteiger partial charge >= 0.3 is 5.97 Å². The Balaban J connectivity index is 1.99. The first-order valence-electron chi connectivity index (χ1n) is 11.1. The minimum atomic E-state index is -1.30. The second kappa shape index (κ2) is 14.5. The summed E-state index contributed by atoms with van der Waals surface area (Å²) in [5, 5.41) is 23.9. The maximum absolute atomic E-state index is 11.4. The van der Waals surface area contributed by atoms with E-state index < -0.39 is 10.9 Å². The predicted octanol–water partition coefficient (Wildman–Crippen LogP) is 3.74. The number of nitrogens with zero attached hydrogens (tertiary/aromatic N) is 2. The number of ether oxygens (including phenoxy) is 7. The molecule has 0 saturated carbocycles. The molecule has 0 aliphatic rings. The maximum Gasteiger partial charge on any atom is 0.358 e. The van der Waals surface area contributed by atoms with Crippen molar-refractivity contribution >= 4 is 11.7 Å². The van der Waals surface area contributed by atoms with E-state index in [0.29, 0.717) is 19.8 Å². The third-order valence-electron chi connectivity index (χ3n) is 4.76. The van der Waals surface area contributed by atoms with Crippen LogP contribution in [0.5, 0.6) is 23.0 Å². The lowest BCUT2D eigenvalue weighted by molar-refractivity contribution is -0.384. The van der Waals surface area contributed by atoms with Crippen molar-refractivity contribution in [2.75, 3.05) is 54.2 Å². The van der Waals surface area contributed by atoms with Crippen molar-refractivity contribution in [2.45, 2.75) is 0 Å². The van der Waals surface area contributed by atoms with Gasteiger partial charge in [-0.15, -0.1) is 0 Å². The molecule has 1 heterocycles. The fraction of sp³-hybridized carbons (Fsp3) is 0.333. The highest BCUT2D eigenvalue weighted by Gasteiger charge is 2.23. The van der Waals surface area contributed by atoms with E-state index in [1.807, 2.05) is 0 Å². The molecule has 1 N–H and O–H groups in total. The number of carboxylic acid groups (broad SMARTS) is 1. The number of methoxy groups -OCH3 is 2. The summed E-state index contributed by atoms with van der Waals surface area (Å²) in [6, 6.07) is 9.57. The van der Waals surface area contributed by atoms with Gasteiger partial charge in [0.1, 0.15) is 28.6 Å². The van der Waals surface area contributed by atoms with Gasteiger partial charge < -0.3 is 42.8 Å². The summed E-state index contributed by atoms with van der Waals surface area (Å²) in [5.41, 5.74) is -0.261. The Morgan fingerprint density at radius 2 is 1.55 bits per heavy atom. The van der Waals surface area contributed by atoms with Crippen molar-refractivity contribution < 1.29 is 52.5 Å². The summed E-state index contributed by atoms with van der Waals surface area (Å²) in [4.78, 5) is 21.9. The van der Waals surface area contributed by atoms with Gasteiger partial charge in [-0.05, 0) is 12.1 Å². The second-order valence-electron chi connectivity index (χ2n) is 7.36. The third-order valence-corrected chi connectivity index (χ3v) is 4.76. The standard InChI is InChI=1S/C24H26N2O12/c1-31-7-9-33-14-35-18-11-20(36-15-34-10-8-32-2)23(22-13-19(24(27)28)25-38-22)21(12-18)37-17-5-3-16(4-6-17)26(29)30/h3-6,11-13H,7-10,14-15H2,1-2H3,(H,27,28). The first-order valence-corrected chi connectivity index (χ1v) is 11.1. The molecule has 14 nitrogen and oxygen atoms in total. The first-order chi connectivity index (χ1) is 18.4. The molecule has 14 heteroatoms. The van der Waals surface area contributed by atoms with Crippen LogP contribution in [-0.2, 0) is 18.9 Å². The molecule has 0 saturated heterocycles. The molecule has 0 aliphatic heterocycles. The molecule has 3 rings (SSSR count). The van der Waals surface area contributed by atoms with E-state index in [1.54, 1.807) is 7.11 Å². The molecule has 0 atom stereocenters. The van der Waals surface area contributed by atoms with Crippen LogP contribution in [0.4, 0.5) is 5.69 Å². The van der Waals surface area contributed by atoms with E-state index in [1.165, 1.54) is 49.6 Å². The molecular formula is C24H26N2O12. The van der Waals surface area contributed by atoms with Crippen molar-refractivity contribution in [3.8, 4) is 34.3 Å². The first kappa shape index (κ1) is 28.3. The van der Waals surface area contributed by atoms with Gasteiger partial charge in [-0.2, -0.15) is 0 Å². The predicted molar refractivity (Wildman–Crippen MR) is 129 cm³/mol. The Morgan fingerprint density at radius 1 is 0.921 bits per heavy atom. The molecule has 0 unspecified atom stereocenters. The summed E-state index contributed by atoms with van der Waals surface area (Å²) in [5.74, 6) is -0.487. The van der Waals surface area contributed by atoms with Gasteiger partial charge in [-0.3, -0.25) is 10.1 Å². The number of aromatic nitrogens is 1. The van der Waals surface area contributed by atoms with E-state index in [9.17, 15) is 20.0 Å². The molecule has 0 fully saturated rings. The number of nitro benzene ring substituents is 1. The number of nitro groups is 1. The van der Waals surface area contributed by atoms with Gasteiger partial charge in [-0.25, -0.2) is 4.79 Å². The summed E-state index contributed by atoms with van der Waals surface area (Å²) >= 11 is 0. The highest BCUT2D eigenvalue weighted by atomic mass is 16.7. The Morgan fingerprint density at radius 3 is 2.13 bits per heavy atom. The van der Waals surface area contributed by atoms with Gasteiger partial charge in [0.15, 0.2) is 25.0 Å². The Labute approximate surface area is 216 Å². The Hall–Kier alpha value is -4.24. The number of carbonyl (C=O) groups is 1. The van der Waals surface area contributed by atoms with E-state index in [4.69, 9.17) is 37.7 Å². The molecule has 1 aromatic heterocycles. The molecule has 0 aliphatic carbocycles. The van der Waals surface area contributed by atoms with Crippen LogP contribution >= 0.6 is 0 Å². The number of benzene rings is 2. The average Bonchev–Trinajstić information content (AvgIpc) is 3.39. The van der Waals surface area contributed by atoms with Crippen LogP contribution in [0.15, 0.2) is 47.0 Å². The Kier molecular flexibility index (Phi) is 10.8. The highest BCUT2D eigenvalue weighted by Crippen LogP contribution is 2.44. The van der Waals surface area contributed by atoms with Crippen molar-refractivity contribution in [3.63, 3.8) is 0 Å². The van der Waals surface area contributed by atoms with Gasteiger partial charge in [-0.1, -0.05) is 5.16 Å². The summed E-state index contributed by atoms with van der Waals surface area (Å²) < 4.78 is 43.4. The highest BCUT2D eigenvalue weighted by molar-refractivity contribution is 5.87. The second-order valence-corrected chi connectivity index (χ2v) is 7.36. The smallest absolute Gasteiger partial charge is 0.358 e. The lowest BCUT2D eigenvalue weighted by atomic mass is 10.1. The molecule has 3 aromatic rings. The molecule has 2 aromatic carbocycles. The zero-order chi connectivity index (χ0) is 27.3. The van der Waals surface area contributed by atoms with Crippen molar-refractivity contribution in [3.05, 3.63) is 58.3 Å². The van der Waals surface area contributed by atoms with Crippen LogP contribution in [0.3, 0.4) is 0 Å². The van der Waals surface area contributed by atoms with Crippen LogP contribution in [0.2, 0.25) is 0 Å². The summed E-state index contributed by atoms with van der Waals surface area (Å²) in [6.45, 7) is 0.967. The SMILES string of the molecule is COCCOCOc1cc(OCOCCOC)c(-c2cc(C(=O)O)no2)c(Oc2ccc([N+](=O)[O-])cc2)c1. The zero-order valence-corrected chi connectivity index (χ0v) is 20.6. The number of hydrogen-bond donors (Lipinski definition) is 1. The third kappa shape index (κ3) is 8.14. The normalized spacial score (nSPS) is 10.8. The Bertz CT molecular complexity index is 1200. The summed E-state index contributed by atoms with van der Waals surface area (Å²) in [7, 11) is 3.08. The number of rotatable bonds is 17. The van der Waals surface area contributed by atoms with Gasteiger partial charge in [0, 0.05) is 44.6 Å². The summed E-state index contributed by atoms with van der Waals surface area (Å²) in [6.07, 6.45) is 0. The van der Waals surface area contributed by atoms with E-state index >= 15 is 0 Å². The van der Waals surface area contributed by atoms with Gasteiger partial charge in [0.25, 0.3) is 5.69 Å². The van der Waals surface area contributed by atoms with E-state index in [0.717, 1.165) is 0 Å². The monoisotopic (exact) mass is 534 g/mol. The van der Waals surface area contributed by atoms with E-state index in [-0.39, 0.29) is 65.9 Å². The van der Waals surface area contributed by atoms with Crippen molar-refractivity contribution in [1.82, 2.24) is 5.16 Å². The molecular weight excluding hydrogens is 508 g/mol. The zero-order valence-electron chi connectivity index (χ0n) is 20.6. The minimum absolute atomic E-state index is 0.0223. The topological polar surface area (TPSA) is 171 Å². The van der Waals surface area contributed by atoms with Gasteiger partial charge in [0.05, 0.1) is 31.4 Å². The molecule has 0 bridgehead atoms. The number of non-ortho nitro benzene ring substituents is 1. The lowest BCUT2D eigenvalue weighted by Gasteiger charge is -2.17. The molecule has 0 amide bonds. The fourth-order valence-electron chi connectivity index (χ4n) is 2.96. The maximum atomic E-state index is 11.4. The van der Waals surface area contributed by atoms with E-state index in [2.05, 4.69) is 5.16 Å². The number of aromatic carboxylic acids is 1. The minimum Gasteiger partial charge on any atom is -0.476 e. The lowest BCUT2D eigenvalue weighted by Crippen LogP contribution is -2.10. The van der Waals surface area contributed by atoms with Crippen LogP contribution in [-0.4, -0.2) is 75.4 Å². The molecule has 204 valence electrons. The fourth-order valence-corrected chi connectivity index (χ4v) is 2.96. The number of hydrogen-bond acceptors (Lipinski definition) is 12. The van der Waals surface area contributed by atoms with Crippen molar-refractivity contribution in [2.24, 2.45) is 0 Å². The van der Waals surface area contributed by atoms with Crippen LogP contribution < -0.4 is 14.2 Å². The molecule has 0 spiro atoms. The van der Waals surface area contributed by atoms with Crippen LogP contribution in [0.25, 0.3) is 11.3 Å². The van der Waals surface area contributed by atoms with Crippen molar-refractivity contribution in [1.29, 1.82) is 0 Å². The van der Waals surface area contributed by atoms with Crippen LogP contribution in [0, 0.1) is 10.1 Å². The number of carboxylic acids is 1. The molecule has 38 heavy (non-hydrogen) atoms. The quantitative estimate of drug-likeness (QED) is 0.115. The average molecular weight is 534 g/mol. The van der Waals surface area contributed by atoms with Gasteiger partial charge in [0.2, 0.25) is 0 Å². The largest absolute Gasteiger partial charge is 0.476 e.